The van der Waals surface area contributed by atoms with E-state index in [9.17, 15) is 9.59 Å². The van der Waals surface area contributed by atoms with Crippen LogP contribution in [0, 0.1) is 5.92 Å². The van der Waals surface area contributed by atoms with E-state index in [0.29, 0.717) is 12.5 Å². The Kier molecular flexibility index (Phi) is 4.38. The fourth-order valence-corrected chi connectivity index (χ4v) is 4.71. The minimum Gasteiger partial charge on any atom is -0.428 e. The average Bonchev–Trinajstić information content (AvgIpc) is 2.68. The molecule has 1 atom stereocenters. The fourth-order valence-electron chi connectivity index (χ4n) is 2.32. The molecule has 2 aliphatic rings. The van der Waals surface area contributed by atoms with E-state index in [2.05, 4.69) is 23.5 Å². The molecular formula is C14H21NO2SSi. The standard InChI is InChI=1S/C14H21NO2SSi/c1-10(16)15-7-6-12-8-11-9-13(19(2,3)17)4-5-14(11)18-12/h4-5,8,11,17H,6-7,9H2,1-3H3,(H,15,16). The maximum atomic E-state index is 10.8. The van der Waals surface area contributed by atoms with Crippen molar-refractivity contribution in [3.05, 3.63) is 33.2 Å². The highest BCUT2D eigenvalue weighted by Crippen LogP contribution is 2.46. The zero-order valence-corrected chi connectivity index (χ0v) is 13.5. The molecule has 1 unspecified atom stereocenters. The van der Waals surface area contributed by atoms with Crippen molar-refractivity contribution in [2.75, 3.05) is 6.54 Å². The summed E-state index contributed by atoms with van der Waals surface area (Å²) in [5, 5.41) is 4.05. The minimum absolute atomic E-state index is 0.0252. The lowest BCUT2D eigenvalue weighted by Gasteiger charge is -2.24. The van der Waals surface area contributed by atoms with Gasteiger partial charge in [0.05, 0.1) is 0 Å². The monoisotopic (exact) mass is 295 g/mol. The molecule has 0 aromatic carbocycles. The highest BCUT2D eigenvalue weighted by molar-refractivity contribution is 8.07. The van der Waals surface area contributed by atoms with Gasteiger partial charge in [-0.05, 0) is 35.7 Å². The number of nitrogens with one attached hydrogen (secondary N) is 1. The van der Waals surface area contributed by atoms with Gasteiger partial charge in [-0.15, -0.1) is 0 Å². The molecule has 0 bridgehead atoms. The second-order valence-corrected chi connectivity index (χ2v) is 10.6. The Morgan fingerprint density at radius 3 is 2.89 bits per heavy atom. The first kappa shape index (κ1) is 14.6. The van der Waals surface area contributed by atoms with Crippen molar-refractivity contribution in [3.8, 4) is 0 Å². The number of carbonyl (C=O) groups excluding carboxylic acids is 1. The van der Waals surface area contributed by atoms with Crippen molar-refractivity contribution >= 4 is 26.0 Å². The summed E-state index contributed by atoms with van der Waals surface area (Å²) in [5.41, 5.74) is 0. The van der Waals surface area contributed by atoms with E-state index in [-0.39, 0.29) is 5.91 Å². The predicted molar refractivity (Wildman–Crippen MR) is 82.9 cm³/mol. The maximum absolute atomic E-state index is 10.8. The number of hydrogen-bond donors (Lipinski definition) is 2. The summed E-state index contributed by atoms with van der Waals surface area (Å²) in [5.74, 6) is 0.466. The highest BCUT2D eigenvalue weighted by atomic mass is 32.2. The molecule has 0 saturated heterocycles. The quantitative estimate of drug-likeness (QED) is 0.784. The molecule has 5 heteroatoms. The lowest BCUT2D eigenvalue weighted by Crippen LogP contribution is -2.30. The summed E-state index contributed by atoms with van der Waals surface area (Å²) in [6.45, 7) is 6.19. The fraction of sp³-hybridized carbons (Fsp3) is 0.500. The maximum Gasteiger partial charge on any atom is 0.216 e. The Morgan fingerprint density at radius 2 is 2.26 bits per heavy atom. The number of amides is 1. The van der Waals surface area contributed by atoms with Gasteiger partial charge < -0.3 is 10.1 Å². The van der Waals surface area contributed by atoms with Crippen LogP contribution < -0.4 is 5.32 Å². The zero-order chi connectivity index (χ0) is 14.0. The van der Waals surface area contributed by atoms with Crippen molar-refractivity contribution in [3.63, 3.8) is 0 Å². The first-order valence-corrected chi connectivity index (χ1v) is 10.4. The van der Waals surface area contributed by atoms with Crippen LogP contribution in [0.15, 0.2) is 33.2 Å². The summed E-state index contributed by atoms with van der Waals surface area (Å²) in [7, 11) is -2.16. The average molecular weight is 295 g/mol. The number of fused-ring (bicyclic) bond motifs is 1. The number of hydrogen-bond acceptors (Lipinski definition) is 3. The molecule has 2 rings (SSSR count). The number of allylic oxidation sites excluding steroid dienone is 5. The van der Waals surface area contributed by atoms with Crippen LogP contribution in [0.5, 0.6) is 0 Å². The summed E-state index contributed by atoms with van der Waals surface area (Å²) in [6.07, 6.45) is 8.41. The molecular weight excluding hydrogens is 274 g/mol. The number of thioether (sulfide) groups is 1. The van der Waals surface area contributed by atoms with E-state index >= 15 is 0 Å². The predicted octanol–water partition coefficient (Wildman–Crippen LogP) is 2.71. The van der Waals surface area contributed by atoms with Gasteiger partial charge in [0, 0.05) is 19.4 Å². The van der Waals surface area contributed by atoms with Crippen LogP contribution in [0.1, 0.15) is 19.8 Å². The van der Waals surface area contributed by atoms with Crippen LogP contribution in [0.25, 0.3) is 0 Å². The molecule has 0 spiro atoms. The van der Waals surface area contributed by atoms with Crippen molar-refractivity contribution < 1.29 is 9.59 Å². The largest absolute Gasteiger partial charge is 0.428 e. The molecule has 3 nitrogen and oxygen atoms in total. The summed E-state index contributed by atoms with van der Waals surface area (Å²) < 4.78 is 0. The van der Waals surface area contributed by atoms with Crippen LogP contribution in [0.4, 0.5) is 0 Å². The third kappa shape index (κ3) is 3.84. The Balaban J connectivity index is 1.95. The first-order valence-electron chi connectivity index (χ1n) is 6.63. The lowest BCUT2D eigenvalue weighted by atomic mass is 10.00. The molecule has 104 valence electrons. The Labute approximate surface area is 120 Å². The molecule has 0 saturated carbocycles. The number of carbonyl (C=O) groups is 1. The molecule has 2 N–H and O–H groups in total. The Hall–Kier alpha value is -0.783. The van der Waals surface area contributed by atoms with Gasteiger partial charge >= 0.3 is 0 Å². The van der Waals surface area contributed by atoms with E-state index in [0.717, 1.165) is 12.8 Å². The van der Waals surface area contributed by atoms with E-state index in [4.69, 9.17) is 0 Å². The van der Waals surface area contributed by atoms with Crippen LogP contribution in [0.2, 0.25) is 13.1 Å². The minimum atomic E-state index is -2.16. The van der Waals surface area contributed by atoms with E-state index in [1.807, 2.05) is 24.9 Å². The van der Waals surface area contributed by atoms with Gasteiger partial charge in [0.15, 0.2) is 0 Å². The van der Waals surface area contributed by atoms with E-state index in [1.165, 1.54) is 15.0 Å². The highest BCUT2D eigenvalue weighted by Gasteiger charge is 2.31. The van der Waals surface area contributed by atoms with E-state index < -0.39 is 8.32 Å². The molecule has 19 heavy (non-hydrogen) atoms. The number of rotatable bonds is 4. The van der Waals surface area contributed by atoms with Crippen LogP contribution in [0.3, 0.4) is 0 Å². The summed E-state index contributed by atoms with van der Waals surface area (Å²) >= 11 is 1.82. The van der Waals surface area contributed by atoms with Gasteiger partial charge in [0.1, 0.15) is 0 Å². The molecule has 1 aliphatic carbocycles. The van der Waals surface area contributed by atoms with Gasteiger partial charge in [0.25, 0.3) is 0 Å². The van der Waals surface area contributed by atoms with Crippen molar-refractivity contribution in [1.29, 1.82) is 0 Å². The molecule has 1 heterocycles. The molecule has 0 fully saturated rings. The third-order valence-corrected chi connectivity index (χ3v) is 6.64. The lowest BCUT2D eigenvalue weighted by molar-refractivity contribution is -0.118. The summed E-state index contributed by atoms with van der Waals surface area (Å²) in [6, 6.07) is 0. The van der Waals surface area contributed by atoms with Gasteiger partial charge in [-0.3, -0.25) is 4.79 Å². The van der Waals surface area contributed by atoms with E-state index in [1.54, 1.807) is 6.92 Å². The van der Waals surface area contributed by atoms with Crippen LogP contribution in [-0.2, 0) is 4.79 Å². The topological polar surface area (TPSA) is 49.3 Å². The van der Waals surface area contributed by atoms with Gasteiger partial charge in [-0.1, -0.05) is 35.2 Å². The third-order valence-electron chi connectivity index (χ3n) is 3.42. The van der Waals surface area contributed by atoms with Crippen molar-refractivity contribution in [2.24, 2.45) is 5.92 Å². The normalized spacial score (nSPS) is 22.3. The van der Waals surface area contributed by atoms with Crippen LogP contribution >= 0.6 is 11.8 Å². The van der Waals surface area contributed by atoms with Gasteiger partial charge in [-0.25, -0.2) is 0 Å². The SMILES string of the molecule is CC(=O)NCCC1=CC2CC([Si](C)(C)O)=CC=C2S1. The smallest absolute Gasteiger partial charge is 0.216 e. The molecule has 1 aliphatic heterocycles. The van der Waals surface area contributed by atoms with Crippen molar-refractivity contribution in [1.82, 2.24) is 5.32 Å². The summed E-state index contributed by atoms with van der Waals surface area (Å²) in [4.78, 5) is 23.7. The Morgan fingerprint density at radius 1 is 1.53 bits per heavy atom. The van der Waals surface area contributed by atoms with Gasteiger partial charge in [0.2, 0.25) is 14.2 Å². The Bertz CT molecular complexity index is 474. The second kappa shape index (κ2) is 5.69. The molecule has 0 aromatic heterocycles. The van der Waals surface area contributed by atoms with Crippen molar-refractivity contribution in [2.45, 2.75) is 32.9 Å². The first-order chi connectivity index (χ1) is 8.86. The molecule has 1 amide bonds. The van der Waals surface area contributed by atoms with Crippen LogP contribution in [-0.4, -0.2) is 25.6 Å². The second-order valence-electron chi connectivity index (χ2n) is 5.60. The van der Waals surface area contributed by atoms with Gasteiger partial charge in [-0.2, -0.15) is 0 Å². The molecule has 0 radical (unpaired) electrons. The zero-order valence-electron chi connectivity index (χ0n) is 11.7. The molecule has 0 aromatic rings.